The quantitative estimate of drug-likeness (QED) is 0.547. The van der Waals surface area contributed by atoms with Crippen LogP contribution in [-0.4, -0.2) is 37.6 Å². The summed E-state index contributed by atoms with van der Waals surface area (Å²) in [5.74, 6) is 1.36. The van der Waals surface area contributed by atoms with E-state index in [2.05, 4.69) is 12.2 Å². The molecule has 1 N–H and O–H groups in total. The predicted molar refractivity (Wildman–Crippen MR) is 133 cm³/mol. The van der Waals surface area contributed by atoms with Gasteiger partial charge in [0.15, 0.2) is 11.5 Å². The maximum atomic E-state index is 13.4. The molecule has 0 aromatic heterocycles. The van der Waals surface area contributed by atoms with E-state index in [1.54, 1.807) is 19.0 Å². The molecule has 34 heavy (non-hydrogen) atoms. The first kappa shape index (κ1) is 22.0. The van der Waals surface area contributed by atoms with Gasteiger partial charge in [0, 0.05) is 26.8 Å². The molecule has 0 unspecified atom stereocenters. The number of carbonyl (C=O) groups excluding carboxylic acids is 2. The van der Waals surface area contributed by atoms with Crippen LogP contribution in [-0.2, 0) is 16.6 Å². The molecule has 2 aliphatic rings. The lowest BCUT2D eigenvalue weighted by Crippen LogP contribution is -2.27. The SMILES string of the molecule is CCc1ccc(NC(=O)C2(c3ccc4c(c3)OCO4)CC2)cc1-c1cccc(C(=O)N(C)C)c1.[HH]. The first-order valence-corrected chi connectivity index (χ1v) is 11.6. The number of carbonyl (C=O) groups is 2. The molecular formula is C28H30N2O4. The van der Waals surface area contributed by atoms with Crippen LogP contribution in [0.15, 0.2) is 60.7 Å². The number of nitrogens with one attached hydrogen (secondary N) is 1. The van der Waals surface area contributed by atoms with Gasteiger partial charge in [-0.2, -0.15) is 0 Å². The Balaban J connectivity index is 0.00000289. The molecule has 3 aromatic carbocycles. The first-order valence-electron chi connectivity index (χ1n) is 11.6. The molecule has 1 fully saturated rings. The van der Waals surface area contributed by atoms with Crippen LogP contribution in [0.2, 0.25) is 0 Å². The Hall–Kier alpha value is -3.80. The van der Waals surface area contributed by atoms with Crippen LogP contribution in [0.4, 0.5) is 5.69 Å². The molecule has 1 heterocycles. The smallest absolute Gasteiger partial charge is 0.253 e. The van der Waals surface area contributed by atoms with Crippen LogP contribution < -0.4 is 14.8 Å². The lowest BCUT2D eigenvalue weighted by Gasteiger charge is -2.18. The second-order valence-electron chi connectivity index (χ2n) is 9.11. The standard InChI is InChI=1S/C28H28N2O4.H2/c1-4-18-8-10-22(16-23(18)19-6-5-7-20(14-19)26(31)30(2)3)29-27(32)28(12-13-28)21-9-11-24-25(15-21)34-17-33-24;/h5-11,14-16H,4,12-13,17H2,1-3H3,(H,29,32);1H. The van der Waals surface area contributed by atoms with E-state index in [1.165, 1.54) is 0 Å². The number of hydrogen-bond donors (Lipinski definition) is 1. The van der Waals surface area contributed by atoms with Crippen LogP contribution in [0.3, 0.4) is 0 Å². The molecule has 6 nitrogen and oxygen atoms in total. The molecule has 6 heteroatoms. The van der Waals surface area contributed by atoms with Crippen molar-refractivity contribution in [1.29, 1.82) is 0 Å². The van der Waals surface area contributed by atoms with E-state index >= 15 is 0 Å². The topological polar surface area (TPSA) is 67.9 Å². The number of anilines is 1. The average Bonchev–Trinajstić information content (AvgIpc) is 3.54. The average molecular weight is 459 g/mol. The molecule has 1 aliphatic carbocycles. The highest BCUT2D eigenvalue weighted by atomic mass is 16.7. The van der Waals surface area contributed by atoms with Gasteiger partial charge in [-0.3, -0.25) is 9.59 Å². The number of ether oxygens (including phenoxy) is 2. The molecular weight excluding hydrogens is 428 g/mol. The Labute approximate surface area is 201 Å². The molecule has 0 spiro atoms. The van der Waals surface area contributed by atoms with Gasteiger partial charge in [-0.05, 0) is 77.9 Å². The molecule has 5 rings (SSSR count). The van der Waals surface area contributed by atoms with Crippen molar-refractivity contribution in [2.75, 3.05) is 26.2 Å². The summed E-state index contributed by atoms with van der Waals surface area (Å²) >= 11 is 0. The number of benzene rings is 3. The Bertz CT molecular complexity index is 1280. The van der Waals surface area contributed by atoms with Gasteiger partial charge in [-0.15, -0.1) is 0 Å². The zero-order valence-corrected chi connectivity index (χ0v) is 19.7. The Kier molecular flexibility index (Phi) is 5.52. The van der Waals surface area contributed by atoms with Gasteiger partial charge in [-0.25, -0.2) is 0 Å². The third kappa shape index (κ3) is 3.89. The van der Waals surface area contributed by atoms with Crippen molar-refractivity contribution in [2.45, 2.75) is 31.6 Å². The van der Waals surface area contributed by atoms with Crippen LogP contribution in [0, 0.1) is 0 Å². The second-order valence-corrected chi connectivity index (χ2v) is 9.11. The van der Waals surface area contributed by atoms with E-state index in [9.17, 15) is 9.59 Å². The van der Waals surface area contributed by atoms with E-state index in [4.69, 9.17) is 9.47 Å². The fourth-order valence-electron chi connectivity index (χ4n) is 4.53. The van der Waals surface area contributed by atoms with Gasteiger partial charge in [0.2, 0.25) is 12.7 Å². The highest BCUT2D eigenvalue weighted by Crippen LogP contribution is 2.51. The van der Waals surface area contributed by atoms with Gasteiger partial charge in [0.25, 0.3) is 5.91 Å². The van der Waals surface area contributed by atoms with Crippen LogP contribution in [0.5, 0.6) is 11.5 Å². The van der Waals surface area contributed by atoms with Gasteiger partial charge in [0.05, 0.1) is 5.41 Å². The third-order valence-electron chi connectivity index (χ3n) is 6.69. The van der Waals surface area contributed by atoms with Gasteiger partial charge in [-0.1, -0.05) is 31.2 Å². The molecule has 0 atom stereocenters. The number of fused-ring (bicyclic) bond motifs is 1. The predicted octanol–water partition coefficient (Wildman–Crippen LogP) is 5.26. The zero-order chi connectivity index (χ0) is 23.9. The summed E-state index contributed by atoms with van der Waals surface area (Å²) in [6, 6.07) is 19.4. The highest BCUT2D eigenvalue weighted by molar-refractivity contribution is 6.02. The largest absolute Gasteiger partial charge is 0.454 e. The van der Waals surface area contributed by atoms with Crippen molar-refractivity contribution in [3.8, 4) is 22.6 Å². The summed E-state index contributed by atoms with van der Waals surface area (Å²) in [5.41, 5.74) is 4.92. The van der Waals surface area contributed by atoms with E-state index in [1.807, 2.05) is 60.7 Å². The van der Waals surface area contributed by atoms with Crippen molar-refractivity contribution >= 4 is 17.5 Å². The van der Waals surface area contributed by atoms with Crippen molar-refractivity contribution in [3.63, 3.8) is 0 Å². The number of hydrogen-bond acceptors (Lipinski definition) is 4. The fraction of sp³-hybridized carbons (Fsp3) is 0.286. The van der Waals surface area contributed by atoms with Gasteiger partial charge < -0.3 is 19.7 Å². The van der Waals surface area contributed by atoms with Gasteiger partial charge in [0.1, 0.15) is 0 Å². The summed E-state index contributed by atoms with van der Waals surface area (Å²) in [7, 11) is 3.49. The van der Waals surface area contributed by atoms with Crippen molar-refractivity contribution in [2.24, 2.45) is 0 Å². The molecule has 0 radical (unpaired) electrons. The van der Waals surface area contributed by atoms with E-state index in [0.29, 0.717) is 11.3 Å². The molecule has 3 aromatic rings. The third-order valence-corrected chi connectivity index (χ3v) is 6.69. The molecule has 0 saturated heterocycles. The van der Waals surface area contributed by atoms with E-state index in [-0.39, 0.29) is 20.0 Å². The number of rotatable bonds is 6. The monoisotopic (exact) mass is 458 g/mol. The molecule has 1 aliphatic heterocycles. The number of aryl methyl sites for hydroxylation is 1. The minimum absolute atomic E-state index is 0. The Morgan fingerprint density at radius 1 is 1.00 bits per heavy atom. The minimum Gasteiger partial charge on any atom is -0.454 e. The molecule has 1 saturated carbocycles. The Morgan fingerprint density at radius 3 is 2.53 bits per heavy atom. The summed E-state index contributed by atoms with van der Waals surface area (Å²) in [5, 5.41) is 3.14. The van der Waals surface area contributed by atoms with Crippen molar-refractivity contribution in [3.05, 3.63) is 77.4 Å². The van der Waals surface area contributed by atoms with Crippen LogP contribution in [0.1, 0.15) is 42.7 Å². The summed E-state index contributed by atoms with van der Waals surface area (Å²) < 4.78 is 10.9. The highest BCUT2D eigenvalue weighted by Gasteiger charge is 2.51. The first-order chi connectivity index (χ1) is 16.4. The van der Waals surface area contributed by atoms with Gasteiger partial charge >= 0.3 is 0 Å². The van der Waals surface area contributed by atoms with Crippen molar-refractivity contribution < 1.29 is 20.5 Å². The number of amides is 2. The van der Waals surface area contributed by atoms with Crippen LogP contribution >= 0.6 is 0 Å². The molecule has 176 valence electrons. The van der Waals surface area contributed by atoms with Crippen molar-refractivity contribution in [1.82, 2.24) is 4.90 Å². The fourth-order valence-corrected chi connectivity index (χ4v) is 4.53. The van der Waals surface area contributed by atoms with E-state index in [0.717, 1.165) is 53.0 Å². The van der Waals surface area contributed by atoms with E-state index < -0.39 is 5.41 Å². The Morgan fingerprint density at radius 2 is 1.79 bits per heavy atom. The summed E-state index contributed by atoms with van der Waals surface area (Å²) in [6.07, 6.45) is 2.44. The minimum atomic E-state index is -0.539. The summed E-state index contributed by atoms with van der Waals surface area (Å²) in [4.78, 5) is 27.4. The zero-order valence-electron chi connectivity index (χ0n) is 19.7. The van der Waals surface area contributed by atoms with Crippen LogP contribution in [0.25, 0.3) is 11.1 Å². The maximum Gasteiger partial charge on any atom is 0.253 e. The second kappa shape index (κ2) is 8.52. The maximum absolute atomic E-state index is 13.4. The lowest BCUT2D eigenvalue weighted by molar-refractivity contribution is -0.118. The summed E-state index contributed by atoms with van der Waals surface area (Å²) in [6.45, 7) is 2.32. The number of nitrogens with zero attached hydrogens (tertiary/aromatic N) is 1. The molecule has 0 bridgehead atoms. The normalized spacial score (nSPS) is 15.0. The molecule has 2 amide bonds. The lowest BCUT2D eigenvalue weighted by atomic mass is 9.93.